The van der Waals surface area contributed by atoms with Crippen LogP contribution in [-0.4, -0.2) is 20.9 Å². The minimum atomic E-state index is -3.75. The lowest BCUT2D eigenvalue weighted by atomic mass is 10.1. The molecule has 0 aromatic heterocycles. The Hall–Kier alpha value is -1.90. The molecule has 1 aliphatic rings. The van der Waals surface area contributed by atoms with Crippen molar-refractivity contribution in [1.29, 1.82) is 0 Å². The van der Waals surface area contributed by atoms with Gasteiger partial charge in [-0.2, -0.15) is 0 Å². The maximum atomic E-state index is 12.9. The molecular weight excluding hydrogens is 484 g/mol. The molecular formula is C18H12Br2N2O3S. The van der Waals surface area contributed by atoms with Gasteiger partial charge in [0.2, 0.25) is 5.91 Å². The van der Waals surface area contributed by atoms with Crippen LogP contribution in [0.25, 0.3) is 10.8 Å². The standard InChI is InChI=1S/C18H12Br2N2O3S/c19-12-7-8-14(13(20)9-12)21-17(23)10-22-15-5-1-3-11-4-2-6-16(18(11)15)26(22,24)25/h1-9H,10H2,(H,21,23). The van der Waals surface area contributed by atoms with Crippen molar-refractivity contribution in [1.82, 2.24) is 0 Å². The van der Waals surface area contributed by atoms with Gasteiger partial charge in [0.25, 0.3) is 10.0 Å². The lowest BCUT2D eigenvalue weighted by Crippen LogP contribution is -2.35. The van der Waals surface area contributed by atoms with Crippen molar-refractivity contribution in [3.63, 3.8) is 0 Å². The molecule has 8 heteroatoms. The molecule has 1 heterocycles. The highest BCUT2D eigenvalue weighted by molar-refractivity contribution is 9.11. The highest BCUT2D eigenvalue weighted by Crippen LogP contribution is 2.41. The number of carbonyl (C=O) groups is 1. The summed E-state index contributed by atoms with van der Waals surface area (Å²) in [4.78, 5) is 12.8. The fraction of sp³-hybridized carbons (Fsp3) is 0.0556. The lowest BCUT2D eigenvalue weighted by molar-refractivity contribution is -0.114. The van der Waals surface area contributed by atoms with E-state index in [9.17, 15) is 13.2 Å². The maximum Gasteiger partial charge on any atom is 0.265 e. The van der Waals surface area contributed by atoms with Gasteiger partial charge >= 0.3 is 0 Å². The van der Waals surface area contributed by atoms with Crippen molar-refractivity contribution in [2.45, 2.75) is 4.90 Å². The third-order valence-corrected chi connectivity index (χ3v) is 7.13. The average molecular weight is 496 g/mol. The number of anilines is 2. The Morgan fingerprint density at radius 1 is 1.04 bits per heavy atom. The first kappa shape index (κ1) is 17.5. The van der Waals surface area contributed by atoms with Crippen LogP contribution in [0.15, 0.2) is 68.4 Å². The molecule has 5 nitrogen and oxygen atoms in total. The summed E-state index contributed by atoms with van der Waals surface area (Å²) in [6.45, 7) is -0.293. The second-order valence-corrected chi connectivity index (χ2v) is 9.42. The Balaban J connectivity index is 1.67. The molecule has 132 valence electrons. The molecule has 0 radical (unpaired) electrons. The molecule has 1 amide bonds. The molecule has 4 rings (SSSR count). The normalized spacial score (nSPS) is 14.6. The summed E-state index contributed by atoms with van der Waals surface area (Å²) in [5.41, 5.74) is 1.11. The Kier molecular flexibility index (Phi) is 4.29. The summed E-state index contributed by atoms with van der Waals surface area (Å²) in [5.74, 6) is -0.415. The van der Waals surface area contributed by atoms with E-state index in [0.717, 1.165) is 14.2 Å². The average Bonchev–Trinajstić information content (AvgIpc) is 2.81. The van der Waals surface area contributed by atoms with Gasteiger partial charge in [0.1, 0.15) is 6.54 Å². The maximum absolute atomic E-state index is 12.9. The molecule has 1 N–H and O–H groups in total. The predicted octanol–water partition coefficient (Wildman–Crippen LogP) is 4.51. The number of halogens is 2. The molecule has 0 fully saturated rings. The number of carbonyl (C=O) groups excluding carboxylic acids is 1. The summed E-state index contributed by atoms with van der Waals surface area (Å²) in [6.07, 6.45) is 0. The van der Waals surface area contributed by atoms with Gasteiger partial charge in [-0.1, -0.05) is 40.2 Å². The highest BCUT2D eigenvalue weighted by Gasteiger charge is 2.36. The highest BCUT2D eigenvalue weighted by atomic mass is 79.9. The van der Waals surface area contributed by atoms with E-state index in [1.165, 1.54) is 0 Å². The van der Waals surface area contributed by atoms with Crippen LogP contribution in [0.5, 0.6) is 0 Å². The summed E-state index contributed by atoms with van der Waals surface area (Å²) >= 11 is 6.73. The summed E-state index contributed by atoms with van der Waals surface area (Å²) in [6, 6.07) is 15.9. The summed E-state index contributed by atoms with van der Waals surface area (Å²) in [7, 11) is -3.75. The van der Waals surface area contributed by atoms with Crippen molar-refractivity contribution in [2.75, 3.05) is 16.2 Å². The molecule has 26 heavy (non-hydrogen) atoms. The van der Waals surface area contributed by atoms with Crippen molar-refractivity contribution >= 4 is 69.9 Å². The van der Waals surface area contributed by atoms with E-state index in [2.05, 4.69) is 37.2 Å². The van der Waals surface area contributed by atoms with Crippen molar-refractivity contribution in [2.24, 2.45) is 0 Å². The third kappa shape index (κ3) is 2.82. The van der Waals surface area contributed by atoms with Gasteiger partial charge in [-0.3, -0.25) is 9.10 Å². The van der Waals surface area contributed by atoms with Crippen LogP contribution < -0.4 is 9.62 Å². The molecule has 0 saturated heterocycles. The second-order valence-electron chi connectivity index (χ2n) is 5.82. The van der Waals surface area contributed by atoms with Gasteiger partial charge < -0.3 is 5.32 Å². The lowest BCUT2D eigenvalue weighted by Gasteiger charge is -2.18. The largest absolute Gasteiger partial charge is 0.323 e. The number of amides is 1. The molecule has 0 saturated carbocycles. The number of nitrogens with one attached hydrogen (secondary N) is 1. The van der Waals surface area contributed by atoms with Gasteiger partial charge in [-0.25, -0.2) is 8.42 Å². The van der Waals surface area contributed by atoms with Crippen molar-refractivity contribution in [3.05, 3.63) is 63.5 Å². The summed E-state index contributed by atoms with van der Waals surface area (Å²) in [5, 5.41) is 4.24. The van der Waals surface area contributed by atoms with Crippen LogP contribution in [0, 0.1) is 0 Å². The smallest absolute Gasteiger partial charge is 0.265 e. The van der Waals surface area contributed by atoms with E-state index in [1.807, 2.05) is 12.1 Å². The van der Waals surface area contributed by atoms with Crippen molar-refractivity contribution in [3.8, 4) is 0 Å². The van der Waals surface area contributed by atoms with Crippen molar-refractivity contribution < 1.29 is 13.2 Å². The zero-order valence-corrected chi connectivity index (χ0v) is 17.2. The van der Waals surface area contributed by atoms with E-state index < -0.39 is 15.9 Å². The molecule has 0 aliphatic carbocycles. The van der Waals surface area contributed by atoms with Crippen LogP contribution in [-0.2, 0) is 14.8 Å². The Bertz CT molecular complexity index is 1160. The van der Waals surface area contributed by atoms with Gasteiger partial charge in [0.15, 0.2) is 0 Å². The van der Waals surface area contributed by atoms with Crippen LogP contribution in [0.3, 0.4) is 0 Å². The van der Waals surface area contributed by atoms with Crippen LogP contribution in [0.1, 0.15) is 0 Å². The fourth-order valence-corrected chi connectivity index (χ4v) is 5.85. The van der Waals surface area contributed by atoms with Crippen LogP contribution in [0.2, 0.25) is 0 Å². The minimum Gasteiger partial charge on any atom is -0.323 e. The van der Waals surface area contributed by atoms with E-state index in [0.29, 0.717) is 21.2 Å². The number of nitrogens with zero attached hydrogens (tertiary/aromatic N) is 1. The van der Waals surface area contributed by atoms with Crippen LogP contribution in [0.4, 0.5) is 11.4 Å². The Morgan fingerprint density at radius 3 is 2.50 bits per heavy atom. The molecule has 3 aromatic carbocycles. The van der Waals surface area contributed by atoms with Gasteiger partial charge in [-0.15, -0.1) is 0 Å². The van der Waals surface area contributed by atoms with Gasteiger partial charge in [0, 0.05) is 14.3 Å². The number of benzene rings is 3. The Labute approximate surface area is 167 Å². The molecule has 3 aromatic rings. The Morgan fingerprint density at radius 2 is 1.77 bits per heavy atom. The molecule has 1 aliphatic heterocycles. The fourth-order valence-electron chi connectivity index (χ4n) is 3.04. The first-order valence-electron chi connectivity index (χ1n) is 7.67. The molecule has 0 atom stereocenters. The van der Waals surface area contributed by atoms with E-state index in [1.54, 1.807) is 42.5 Å². The monoisotopic (exact) mass is 494 g/mol. The first-order chi connectivity index (χ1) is 12.4. The minimum absolute atomic E-state index is 0.239. The van der Waals surface area contributed by atoms with Gasteiger partial charge in [0.05, 0.1) is 16.3 Å². The number of hydrogen-bond donors (Lipinski definition) is 1. The summed E-state index contributed by atoms with van der Waals surface area (Å²) < 4.78 is 28.5. The quantitative estimate of drug-likeness (QED) is 0.581. The molecule has 0 unspecified atom stereocenters. The second kappa shape index (κ2) is 6.37. The van der Waals surface area contributed by atoms with E-state index in [4.69, 9.17) is 0 Å². The number of rotatable bonds is 3. The SMILES string of the molecule is O=C(CN1c2cccc3cccc(c23)S1(=O)=O)Nc1ccc(Br)cc1Br. The third-order valence-electron chi connectivity index (χ3n) is 4.17. The van der Waals surface area contributed by atoms with Crippen LogP contribution >= 0.6 is 31.9 Å². The molecule has 0 bridgehead atoms. The topological polar surface area (TPSA) is 66.5 Å². The first-order valence-corrected chi connectivity index (χ1v) is 10.7. The zero-order valence-electron chi connectivity index (χ0n) is 13.2. The number of hydrogen-bond acceptors (Lipinski definition) is 3. The predicted molar refractivity (Wildman–Crippen MR) is 109 cm³/mol. The van der Waals surface area contributed by atoms with E-state index in [-0.39, 0.29) is 11.4 Å². The molecule has 0 spiro atoms. The zero-order chi connectivity index (χ0) is 18.5. The van der Waals surface area contributed by atoms with Gasteiger partial charge in [-0.05, 0) is 51.6 Å². The number of sulfonamides is 1. The van der Waals surface area contributed by atoms with E-state index >= 15 is 0 Å².